The van der Waals surface area contributed by atoms with Crippen molar-refractivity contribution in [3.05, 3.63) is 12.7 Å². The van der Waals surface area contributed by atoms with E-state index in [9.17, 15) is 0 Å². The van der Waals surface area contributed by atoms with Crippen LogP contribution in [0.5, 0.6) is 0 Å². The van der Waals surface area contributed by atoms with Crippen molar-refractivity contribution in [3.8, 4) is 0 Å². The zero-order valence-electron chi connectivity index (χ0n) is 5.35. The average Bonchev–Trinajstić information content (AvgIpc) is 2.01. The second kappa shape index (κ2) is 1.02. The second-order valence-corrected chi connectivity index (χ2v) is 3.36. The van der Waals surface area contributed by atoms with E-state index in [0.717, 1.165) is 11.8 Å². The van der Waals surface area contributed by atoms with Crippen molar-refractivity contribution in [1.82, 2.24) is 0 Å². The molecule has 2 aliphatic rings. The first-order valence-corrected chi connectivity index (χ1v) is 3.42. The minimum absolute atomic E-state index is 0.583. The van der Waals surface area contributed by atoms with E-state index in [1.54, 1.807) is 0 Å². The van der Waals surface area contributed by atoms with Crippen LogP contribution in [0.2, 0.25) is 0 Å². The van der Waals surface area contributed by atoms with Crippen LogP contribution < -0.4 is 0 Å². The molecule has 0 aromatic carbocycles. The van der Waals surface area contributed by atoms with Crippen molar-refractivity contribution in [2.45, 2.75) is 19.8 Å². The Morgan fingerprint density at radius 3 is 2.12 bits per heavy atom. The van der Waals surface area contributed by atoms with E-state index in [0.29, 0.717) is 5.41 Å². The topological polar surface area (TPSA) is 0 Å². The molecule has 0 heteroatoms. The van der Waals surface area contributed by atoms with E-state index in [2.05, 4.69) is 19.6 Å². The normalized spacial score (nSPS) is 58.6. The molecule has 0 aliphatic heterocycles. The molecule has 2 unspecified atom stereocenters. The van der Waals surface area contributed by atoms with Gasteiger partial charge in [-0.2, -0.15) is 0 Å². The first kappa shape index (κ1) is 4.60. The molecule has 0 aromatic heterocycles. The lowest BCUT2D eigenvalue weighted by Gasteiger charge is -2.04. The maximum absolute atomic E-state index is 3.84. The van der Waals surface area contributed by atoms with Crippen molar-refractivity contribution in [1.29, 1.82) is 0 Å². The van der Waals surface area contributed by atoms with Gasteiger partial charge in [-0.05, 0) is 30.1 Å². The van der Waals surface area contributed by atoms with E-state index in [-0.39, 0.29) is 0 Å². The van der Waals surface area contributed by atoms with Gasteiger partial charge in [0.05, 0.1) is 0 Å². The molecule has 0 bridgehead atoms. The zero-order valence-corrected chi connectivity index (χ0v) is 5.35. The molecule has 0 aromatic rings. The number of allylic oxidation sites excluding steroid dienone is 1. The van der Waals surface area contributed by atoms with Gasteiger partial charge >= 0.3 is 0 Å². The Bertz CT molecular complexity index is 125. The molecule has 0 radical (unpaired) electrons. The standard InChI is InChI=1S/C8H12/c1-3-8(2)6-4-5-7(6)8/h3,6-7H,1,4-5H2,2H3. The molecular formula is C8H12. The highest BCUT2D eigenvalue weighted by Crippen LogP contribution is 2.71. The van der Waals surface area contributed by atoms with Gasteiger partial charge in [-0.3, -0.25) is 0 Å². The quantitative estimate of drug-likeness (QED) is 0.452. The van der Waals surface area contributed by atoms with Gasteiger partial charge in [0.15, 0.2) is 0 Å². The number of rotatable bonds is 1. The average molecular weight is 108 g/mol. The van der Waals surface area contributed by atoms with Crippen molar-refractivity contribution in [3.63, 3.8) is 0 Å². The summed E-state index contributed by atoms with van der Waals surface area (Å²) in [6.45, 7) is 6.17. The lowest BCUT2D eigenvalue weighted by Crippen LogP contribution is -1.93. The van der Waals surface area contributed by atoms with Gasteiger partial charge in [-0.25, -0.2) is 0 Å². The highest BCUT2D eigenvalue weighted by atomic mass is 14.7. The van der Waals surface area contributed by atoms with Crippen LogP contribution in [0, 0.1) is 17.3 Å². The van der Waals surface area contributed by atoms with E-state index >= 15 is 0 Å². The van der Waals surface area contributed by atoms with Crippen LogP contribution in [-0.4, -0.2) is 0 Å². The van der Waals surface area contributed by atoms with E-state index in [1.165, 1.54) is 12.8 Å². The number of hydrogen-bond acceptors (Lipinski definition) is 0. The summed E-state index contributed by atoms with van der Waals surface area (Å²) in [5.41, 5.74) is 0.583. The third-order valence-corrected chi connectivity index (χ3v) is 3.20. The van der Waals surface area contributed by atoms with E-state index in [4.69, 9.17) is 0 Å². The minimum Gasteiger partial charge on any atom is -0.103 e. The summed E-state index contributed by atoms with van der Waals surface area (Å²) in [4.78, 5) is 0. The Balaban J connectivity index is 2.19. The molecule has 0 heterocycles. The van der Waals surface area contributed by atoms with Crippen LogP contribution in [0.1, 0.15) is 19.8 Å². The van der Waals surface area contributed by atoms with Crippen molar-refractivity contribution >= 4 is 0 Å². The van der Waals surface area contributed by atoms with Crippen LogP contribution in [0.25, 0.3) is 0 Å². The summed E-state index contributed by atoms with van der Waals surface area (Å²) in [6, 6.07) is 0. The smallest absolute Gasteiger partial charge is 0.00868 e. The summed E-state index contributed by atoms with van der Waals surface area (Å²) in [5, 5.41) is 0. The lowest BCUT2D eigenvalue weighted by atomic mass is 10.0. The van der Waals surface area contributed by atoms with Crippen LogP contribution in [0.4, 0.5) is 0 Å². The van der Waals surface area contributed by atoms with Gasteiger partial charge < -0.3 is 0 Å². The fourth-order valence-electron chi connectivity index (χ4n) is 2.15. The fraction of sp³-hybridized carbons (Fsp3) is 0.750. The summed E-state index contributed by atoms with van der Waals surface area (Å²) in [7, 11) is 0. The summed E-state index contributed by atoms with van der Waals surface area (Å²) < 4.78 is 0. The summed E-state index contributed by atoms with van der Waals surface area (Å²) in [5.74, 6) is 2.08. The molecule has 2 saturated carbocycles. The third-order valence-electron chi connectivity index (χ3n) is 3.20. The van der Waals surface area contributed by atoms with Gasteiger partial charge in [-0.15, -0.1) is 6.58 Å². The Labute approximate surface area is 50.6 Å². The number of hydrogen-bond donors (Lipinski definition) is 0. The highest BCUT2D eigenvalue weighted by Gasteiger charge is 2.64. The van der Waals surface area contributed by atoms with Crippen LogP contribution in [0.15, 0.2) is 12.7 Å². The van der Waals surface area contributed by atoms with Crippen LogP contribution in [0.3, 0.4) is 0 Å². The van der Waals surface area contributed by atoms with Gasteiger partial charge in [-0.1, -0.05) is 13.0 Å². The predicted molar refractivity (Wildman–Crippen MR) is 34.5 cm³/mol. The summed E-state index contributed by atoms with van der Waals surface area (Å²) in [6.07, 6.45) is 5.08. The SMILES string of the molecule is C=CC1(C)C2CCC21. The van der Waals surface area contributed by atoms with E-state index < -0.39 is 0 Å². The Kier molecular flexibility index (Phi) is 0.588. The third kappa shape index (κ3) is 0.273. The Morgan fingerprint density at radius 1 is 1.50 bits per heavy atom. The van der Waals surface area contributed by atoms with Gasteiger partial charge in [0, 0.05) is 0 Å². The molecule has 0 amide bonds. The maximum atomic E-state index is 3.84. The van der Waals surface area contributed by atoms with E-state index in [1.807, 2.05) is 0 Å². The highest BCUT2D eigenvalue weighted by molar-refractivity contribution is 5.21. The monoisotopic (exact) mass is 108 g/mol. The van der Waals surface area contributed by atoms with Crippen molar-refractivity contribution in [2.75, 3.05) is 0 Å². The molecule has 0 spiro atoms. The Hall–Kier alpha value is -0.260. The van der Waals surface area contributed by atoms with Gasteiger partial charge in [0.1, 0.15) is 0 Å². The molecule has 2 fully saturated rings. The first-order chi connectivity index (χ1) is 3.79. The summed E-state index contributed by atoms with van der Waals surface area (Å²) >= 11 is 0. The van der Waals surface area contributed by atoms with Crippen LogP contribution >= 0.6 is 0 Å². The number of fused-ring (bicyclic) bond motifs is 1. The lowest BCUT2D eigenvalue weighted by molar-refractivity contribution is 0.468. The van der Waals surface area contributed by atoms with Gasteiger partial charge in [0.2, 0.25) is 0 Å². The maximum Gasteiger partial charge on any atom is -0.00868 e. The molecule has 0 saturated heterocycles. The van der Waals surface area contributed by atoms with Crippen molar-refractivity contribution < 1.29 is 0 Å². The molecule has 2 atom stereocenters. The molecule has 8 heavy (non-hydrogen) atoms. The van der Waals surface area contributed by atoms with Gasteiger partial charge in [0.25, 0.3) is 0 Å². The minimum atomic E-state index is 0.583. The Morgan fingerprint density at radius 2 is 2.00 bits per heavy atom. The molecule has 2 rings (SSSR count). The molecule has 2 aliphatic carbocycles. The molecule has 44 valence electrons. The van der Waals surface area contributed by atoms with Crippen LogP contribution in [-0.2, 0) is 0 Å². The fourth-order valence-corrected chi connectivity index (χ4v) is 2.15. The molecular weight excluding hydrogens is 96.1 g/mol. The molecule has 0 N–H and O–H groups in total. The first-order valence-electron chi connectivity index (χ1n) is 3.42. The second-order valence-electron chi connectivity index (χ2n) is 3.36. The van der Waals surface area contributed by atoms with Crippen molar-refractivity contribution in [2.24, 2.45) is 17.3 Å². The largest absolute Gasteiger partial charge is 0.103 e. The zero-order chi connectivity index (χ0) is 5.78. The predicted octanol–water partition coefficient (Wildman–Crippen LogP) is 2.22. The molecule has 0 nitrogen and oxygen atoms in total.